The molecule has 0 amide bonds. The van der Waals surface area contributed by atoms with Crippen molar-refractivity contribution in [2.45, 2.75) is 52.8 Å². The third kappa shape index (κ3) is 6.19. The minimum atomic E-state index is -0.549. The highest BCUT2D eigenvalue weighted by Crippen LogP contribution is 2.32. The molecule has 1 N–H and O–H groups in total. The Morgan fingerprint density at radius 2 is 1.69 bits per heavy atom. The van der Waals surface area contributed by atoms with E-state index in [2.05, 4.69) is 18.7 Å². The number of aliphatic hydroxyl groups is 1. The third-order valence-electron chi connectivity index (χ3n) is 5.63. The maximum atomic E-state index is 10.5. The fourth-order valence-electron chi connectivity index (χ4n) is 3.61. The van der Waals surface area contributed by atoms with Gasteiger partial charge < -0.3 is 14.6 Å². The normalized spacial score (nSPS) is 13.3. The number of nitrogens with zero attached hydrogens (tertiary/aromatic N) is 3. The Kier molecular flexibility index (Phi) is 8.85. The zero-order valence-corrected chi connectivity index (χ0v) is 19.6. The van der Waals surface area contributed by atoms with Crippen LogP contribution in [0.25, 0.3) is 5.69 Å². The first-order valence-electron chi connectivity index (χ1n) is 11.4. The summed E-state index contributed by atoms with van der Waals surface area (Å²) in [5.74, 6) is 1.46. The van der Waals surface area contributed by atoms with Crippen molar-refractivity contribution < 1.29 is 14.6 Å². The SMILES string of the molecule is CCOC[C@@H](O)CN(Cc1c(C)nn(-c2ccccc2)c1Oc1ccccc1)[C@H](C)CC. The monoisotopic (exact) mass is 437 g/mol. The molecule has 6 nitrogen and oxygen atoms in total. The summed E-state index contributed by atoms with van der Waals surface area (Å²) in [7, 11) is 0. The summed E-state index contributed by atoms with van der Waals surface area (Å²) in [4.78, 5) is 2.28. The predicted octanol–water partition coefficient (Wildman–Crippen LogP) is 4.97. The first kappa shape index (κ1) is 24.0. The molecule has 0 saturated heterocycles. The number of ether oxygens (including phenoxy) is 2. The second-order valence-corrected chi connectivity index (χ2v) is 8.03. The van der Waals surface area contributed by atoms with Gasteiger partial charge >= 0.3 is 0 Å². The van der Waals surface area contributed by atoms with Crippen LogP contribution in [0.3, 0.4) is 0 Å². The van der Waals surface area contributed by atoms with Crippen molar-refractivity contribution in [3.05, 3.63) is 71.9 Å². The zero-order valence-electron chi connectivity index (χ0n) is 19.6. The Labute approximate surface area is 191 Å². The summed E-state index contributed by atoms with van der Waals surface area (Å²) in [5.41, 5.74) is 2.87. The smallest absolute Gasteiger partial charge is 0.227 e. The summed E-state index contributed by atoms with van der Waals surface area (Å²) in [6, 6.07) is 20.1. The van der Waals surface area contributed by atoms with Gasteiger partial charge in [-0.2, -0.15) is 5.10 Å². The van der Waals surface area contributed by atoms with Gasteiger partial charge in [0.25, 0.3) is 0 Å². The molecule has 1 heterocycles. The van der Waals surface area contributed by atoms with Crippen LogP contribution in [0.5, 0.6) is 11.6 Å². The van der Waals surface area contributed by atoms with Crippen molar-refractivity contribution in [1.82, 2.24) is 14.7 Å². The number of aromatic nitrogens is 2. The van der Waals surface area contributed by atoms with E-state index in [-0.39, 0.29) is 6.04 Å². The molecule has 0 fully saturated rings. The highest BCUT2D eigenvalue weighted by atomic mass is 16.5. The van der Waals surface area contributed by atoms with Gasteiger partial charge in [0.2, 0.25) is 5.88 Å². The largest absolute Gasteiger partial charge is 0.439 e. The molecule has 3 aromatic rings. The zero-order chi connectivity index (χ0) is 22.9. The van der Waals surface area contributed by atoms with Crippen molar-refractivity contribution in [2.24, 2.45) is 0 Å². The number of rotatable bonds is 12. The molecule has 1 aromatic heterocycles. The summed E-state index contributed by atoms with van der Waals surface area (Å²) in [6.07, 6.45) is 0.425. The standard InChI is InChI=1S/C26H35N3O3/c1-5-20(3)28(17-23(30)19-31-6-2)18-25-21(4)27-29(22-13-9-7-10-14-22)26(25)32-24-15-11-8-12-16-24/h7-16,20,23,30H,5-6,17-19H2,1-4H3/t20-,23+/m1/s1. The summed E-state index contributed by atoms with van der Waals surface area (Å²) in [6.45, 7) is 10.4. The molecule has 0 spiro atoms. The van der Waals surface area contributed by atoms with Gasteiger partial charge in [0, 0.05) is 25.7 Å². The average Bonchev–Trinajstić information content (AvgIpc) is 3.12. The van der Waals surface area contributed by atoms with E-state index < -0.39 is 6.10 Å². The van der Waals surface area contributed by atoms with Gasteiger partial charge in [0.05, 0.1) is 29.7 Å². The minimum absolute atomic E-state index is 0.287. The van der Waals surface area contributed by atoms with Crippen LogP contribution in [0.1, 0.15) is 38.4 Å². The van der Waals surface area contributed by atoms with Crippen LogP contribution in [-0.2, 0) is 11.3 Å². The van der Waals surface area contributed by atoms with E-state index in [9.17, 15) is 5.11 Å². The van der Waals surface area contributed by atoms with E-state index >= 15 is 0 Å². The molecular weight excluding hydrogens is 402 g/mol. The first-order valence-corrected chi connectivity index (χ1v) is 11.4. The van der Waals surface area contributed by atoms with E-state index in [4.69, 9.17) is 14.6 Å². The van der Waals surface area contributed by atoms with Gasteiger partial charge in [-0.05, 0) is 51.5 Å². The molecule has 2 atom stereocenters. The van der Waals surface area contributed by atoms with E-state index in [0.29, 0.717) is 32.2 Å². The molecule has 0 unspecified atom stereocenters. The van der Waals surface area contributed by atoms with E-state index in [0.717, 1.165) is 29.1 Å². The summed E-state index contributed by atoms with van der Waals surface area (Å²) < 4.78 is 13.7. The van der Waals surface area contributed by atoms with E-state index in [1.54, 1.807) is 0 Å². The molecule has 3 rings (SSSR count). The van der Waals surface area contributed by atoms with Crippen LogP contribution in [-0.4, -0.2) is 51.7 Å². The van der Waals surface area contributed by atoms with Crippen LogP contribution in [0, 0.1) is 6.92 Å². The van der Waals surface area contributed by atoms with Gasteiger partial charge in [-0.1, -0.05) is 43.3 Å². The molecular formula is C26H35N3O3. The Balaban J connectivity index is 1.96. The molecule has 6 heteroatoms. The molecule has 0 aliphatic carbocycles. The number of benzene rings is 2. The summed E-state index contributed by atoms with van der Waals surface area (Å²) >= 11 is 0. The van der Waals surface area contributed by atoms with Crippen LogP contribution >= 0.6 is 0 Å². The van der Waals surface area contributed by atoms with Crippen molar-refractivity contribution in [2.75, 3.05) is 19.8 Å². The summed E-state index contributed by atoms with van der Waals surface area (Å²) in [5, 5.41) is 15.3. The minimum Gasteiger partial charge on any atom is -0.439 e. The van der Waals surface area contributed by atoms with Crippen molar-refractivity contribution in [3.63, 3.8) is 0 Å². The Hall–Kier alpha value is -2.67. The number of hydrogen-bond acceptors (Lipinski definition) is 5. The topological polar surface area (TPSA) is 59.8 Å². The Morgan fingerprint density at radius 3 is 2.31 bits per heavy atom. The molecule has 0 aliphatic rings. The Bertz CT molecular complexity index is 944. The highest BCUT2D eigenvalue weighted by molar-refractivity contribution is 5.43. The Morgan fingerprint density at radius 1 is 1.03 bits per heavy atom. The van der Waals surface area contributed by atoms with Gasteiger partial charge in [0.1, 0.15) is 5.75 Å². The molecule has 2 aromatic carbocycles. The highest BCUT2D eigenvalue weighted by Gasteiger charge is 2.24. The maximum absolute atomic E-state index is 10.5. The lowest BCUT2D eigenvalue weighted by Gasteiger charge is -2.30. The molecule has 0 bridgehead atoms. The molecule has 0 aliphatic heterocycles. The molecule has 0 saturated carbocycles. The molecule has 172 valence electrons. The van der Waals surface area contributed by atoms with Gasteiger partial charge in [-0.15, -0.1) is 0 Å². The van der Waals surface area contributed by atoms with E-state index in [1.165, 1.54) is 0 Å². The lowest BCUT2D eigenvalue weighted by atomic mass is 10.1. The molecule has 32 heavy (non-hydrogen) atoms. The van der Waals surface area contributed by atoms with Crippen molar-refractivity contribution >= 4 is 0 Å². The van der Waals surface area contributed by atoms with E-state index in [1.807, 2.05) is 79.2 Å². The second kappa shape index (κ2) is 11.8. The first-order chi connectivity index (χ1) is 15.5. The number of para-hydroxylation sites is 2. The van der Waals surface area contributed by atoms with Crippen LogP contribution in [0.2, 0.25) is 0 Å². The van der Waals surface area contributed by atoms with Crippen molar-refractivity contribution in [1.29, 1.82) is 0 Å². The lowest BCUT2D eigenvalue weighted by Crippen LogP contribution is -2.40. The molecule has 0 radical (unpaired) electrons. The van der Waals surface area contributed by atoms with Crippen LogP contribution in [0.15, 0.2) is 60.7 Å². The van der Waals surface area contributed by atoms with Crippen LogP contribution in [0.4, 0.5) is 0 Å². The second-order valence-electron chi connectivity index (χ2n) is 8.03. The van der Waals surface area contributed by atoms with Gasteiger partial charge in [-0.3, -0.25) is 4.90 Å². The number of hydrogen-bond donors (Lipinski definition) is 1. The lowest BCUT2D eigenvalue weighted by molar-refractivity contribution is 0.0111. The fourth-order valence-corrected chi connectivity index (χ4v) is 3.61. The van der Waals surface area contributed by atoms with Crippen molar-refractivity contribution in [3.8, 4) is 17.3 Å². The van der Waals surface area contributed by atoms with Gasteiger partial charge in [-0.25, -0.2) is 4.68 Å². The van der Waals surface area contributed by atoms with Crippen LogP contribution < -0.4 is 4.74 Å². The predicted molar refractivity (Wildman–Crippen MR) is 127 cm³/mol. The number of aryl methyl sites for hydroxylation is 1. The quantitative estimate of drug-likeness (QED) is 0.433. The van der Waals surface area contributed by atoms with Gasteiger partial charge in [0.15, 0.2) is 0 Å². The fraction of sp³-hybridized carbons (Fsp3) is 0.423. The number of aliphatic hydroxyl groups excluding tert-OH is 1. The maximum Gasteiger partial charge on any atom is 0.227 e. The average molecular weight is 438 g/mol. The third-order valence-corrected chi connectivity index (χ3v) is 5.63.